The van der Waals surface area contributed by atoms with Gasteiger partial charge in [-0.15, -0.1) is 0 Å². The maximum atomic E-state index is 13.7. The molecule has 0 amide bonds. The summed E-state index contributed by atoms with van der Waals surface area (Å²) >= 11 is 0. The summed E-state index contributed by atoms with van der Waals surface area (Å²) in [4.78, 5) is 27.0. The molecule has 4 aliphatic rings. The number of carbonyl (C=O) groups excluding carboxylic acids is 2. The van der Waals surface area contributed by atoms with Crippen molar-refractivity contribution in [2.24, 2.45) is 39.4 Å². The maximum absolute atomic E-state index is 13.7. The molecule has 0 aromatic heterocycles. The van der Waals surface area contributed by atoms with E-state index < -0.39 is 19.7 Å². The lowest BCUT2D eigenvalue weighted by Crippen LogP contribution is -2.67. The highest BCUT2D eigenvalue weighted by Crippen LogP contribution is 2.71. The van der Waals surface area contributed by atoms with Gasteiger partial charge >= 0.3 is 0 Å². The Morgan fingerprint density at radius 2 is 1.53 bits per heavy atom. The van der Waals surface area contributed by atoms with Gasteiger partial charge in [-0.1, -0.05) is 48.5 Å². The SMILES string of the molecule is COC1=CC(=O)[C@@H]2C(=O)[C@@]1(C)C[C@H]1[C@]3(C)CC[C@@H](O[Si](C)(C)C(C)(C)C)C(C)(C)[C@H]3CC[C@]21C. The van der Waals surface area contributed by atoms with Gasteiger partial charge in [0.15, 0.2) is 19.9 Å². The lowest BCUT2D eigenvalue weighted by atomic mass is 9.36. The van der Waals surface area contributed by atoms with Gasteiger partial charge in [-0.05, 0) is 85.2 Å². The van der Waals surface area contributed by atoms with E-state index >= 15 is 0 Å². The normalized spacial score (nSPS) is 44.1. The first-order valence-corrected chi connectivity index (χ1v) is 16.3. The topological polar surface area (TPSA) is 52.6 Å². The van der Waals surface area contributed by atoms with Crippen LogP contribution in [0.15, 0.2) is 11.8 Å². The first-order chi connectivity index (χ1) is 15.4. The molecule has 0 N–H and O–H groups in total. The number of ketones is 2. The molecule has 4 aliphatic carbocycles. The zero-order valence-electron chi connectivity index (χ0n) is 23.6. The van der Waals surface area contributed by atoms with Crippen LogP contribution in [-0.2, 0) is 18.8 Å². The van der Waals surface area contributed by atoms with Gasteiger partial charge in [0.2, 0.25) is 0 Å². The van der Waals surface area contributed by atoms with Crippen molar-refractivity contribution in [1.82, 2.24) is 0 Å². The smallest absolute Gasteiger partial charge is 0.192 e. The summed E-state index contributed by atoms with van der Waals surface area (Å²) in [6, 6.07) is 0. The summed E-state index contributed by atoms with van der Waals surface area (Å²) in [6.07, 6.45) is 6.81. The molecule has 4 rings (SSSR count). The maximum Gasteiger partial charge on any atom is 0.192 e. The number of carbonyl (C=O) groups is 2. The molecule has 5 heteroatoms. The van der Waals surface area contributed by atoms with Crippen LogP contribution in [0, 0.1) is 39.4 Å². The molecule has 0 aromatic carbocycles. The van der Waals surface area contributed by atoms with Crippen LogP contribution in [0.5, 0.6) is 0 Å². The van der Waals surface area contributed by atoms with Gasteiger partial charge in [-0.25, -0.2) is 0 Å². The third-order valence-electron chi connectivity index (χ3n) is 11.7. The number of ether oxygens (including phenoxy) is 1. The molecule has 3 fully saturated rings. The van der Waals surface area contributed by atoms with E-state index in [0.717, 1.165) is 32.1 Å². The zero-order valence-corrected chi connectivity index (χ0v) is 24.6. The third kappa shape index (κ3) is 3.31. The summed E-state index contributed by atoms with van der Waals surface area (Å²) in [6.45, 7) is 23.3. The Kier molecular flexibility index (Phi) is 5.79. The average molecular weight is 489 g/mol. The van der Waals surface area contributed by atoms with Gasteiger partial charge < -0.3 is 9.16 Å². The fraction of sp³-hybridized carbons (Fsp3) is 0.862. The largest absolute Gasteiger partial charge is 0.500 e. The summed E-state index contributed by atoms with van der Waals surface area (Å²) < 4.78 is 12.7. The van der Waals surface area contributed by atoms with Crippen LogP contribution in [0.2, 0.25) is 18.1 Å². The number of fused-ring (bicyclic) bond motifs is 6. The number of allylic oxidation sites excluding steroid dienone is 2. The van der Waals surface area contributed by atoms with E-state index in [1.165, 1.54) is 0 Å². The van der Waals surface area contributed by atoms with Crippen molar-refractivity contribution in [3.8, 4) is 0 Å². The second-order valence-electron chi connectivity index (χ2n) is 14.8. The summed E-state index contributed by atoms with van der Waals surface area (Å²) in [5.41, 5.74) is -0.856. The Hall–Kier alpha value is -0.943. The van der Waals surface area contributed by atoms with Crippen LogP contribution in [0.3, 0.4) is 0 Å². The number of rotatable bonds is 3. The first kappa shape index (κ1) is 26.1. The van der Waals surface area contributed by atoms with E-state index in [1.807, 2.05) is 6.92 Å². The molecule has 0 radical (unpaired) electrons. The highest BCUT2D eigenvalue weighted by atomic mass is 28.4. The highest BCUT2D eigenvalue weighted by molar-refractivity contribution is 6.74. The standard InChI is InChI=1S/C29H48O4Si/c1-25(2,3)34(10,11)33-21-13-15-27(6)19(26(21,4)5)12-14-28(7)20(27)17-29(8)22(32-9)16-18(30)23(28)24(29)31/h16,19-21,23H,12-15,17H2,1-11H3/t19-,20+,21-,23-,27-,28+,29+/m1/s1. The predicted octanol–water partition coefficient (Wildman–Crippen LogP) is 6.94. The van der Waals surface area contributed by atoms with E-state index in [2.05, 4.69) is 61.6 Å². The van der Waals surface area contributed by atoms with Crippen LogP contribution in [0.1, 0.15) is 87.5 Å². The first-order valence-electron chi connectivity index (χ1n) is 13.4. The van der Waals surface area contributed by atoms with Gasteiger partial charge in [0.05, 0.1) is 24.5 Å². The minimum atomic E-state index is -1.89. The predicted molar refractivity (Wildman–Crippen MR) is 139 cm³/mol. The van der Waals surface area contributed by atoms with Crippen LogP contribution in [0.4, 0.5) is 0 Å². The molecule has 3 saturated carbocycles. The van der Waals surface area contributed by atoms with Crippen molar-refractivity contribution >= 4 is 19.9 Å². The molecule has 0 aromatic rings. The Morgan fingerprint density at radius 3 is 2.09 bits per heavy atom. The molecule has 4 nitrogen and oxygen atoms in total. The lowest BCUT2D eigenvalue weighted by molar-refractivity contribution is -0.204. The fourth-order valence-corrected chi connectivity index (χ4v) is 10.1. The van der Waals surface area contributed by atoms with Gasteiger partial charge in [0, 0.05) is 6.08 Å². The summed E-state index contributed by atoms with van der Waals surface area (Å²) in [5, 5.41) is 0.188. The molecular formula is C29H48O4Si. The third-order valence-corrected chi connectivity index (χ3v) is 16.2. The van der Waals surface area contributed by atoms with E-state index in [4.69, 9.17) is 9.16 Å². The number of methoxy groups -OCH3 is 1. The highest BCUT2D eigenvalue weighted by Gasteiger charge is 2.70. The monoisotopic (exact) mass is 488 g/mol. The van der Waals surface area contributed by atoms with Crippen molar-refractivity contribution < 1.29 is 18.8 Å². The number of hydrogen-bond acceptors (Lipinski definition) is 4. The molecule has 7 atom stereocenters. The summed E-state index contributed by atoms with van der Waals surface area (Å²) in [7, 11) is -0.287. The van der Waals surface area contributed by atoms with Crippen LogP contribution in [-0.4, -0.2) is 33.1 Å². The molecule has 0 heterocycles. The Bertz CT molecular complexity index is 927. The van der Waals surface area contributed by atoms with Crippen molar-refractivity contribution in [1.29, 1.82) is 0 Å². The zero-order chi connectivity index (χ0) is 25.7. The fourth-order valence-electron chi connectivity index (χ4n) is 8.58. The molecule has 0 unspecified atom stereocenters. The molecule has 2 bridgehead atoms. The van der Waals surface area contributed by atoms with Crippen molar-refractivity contribution in [2.75, 3.05) is 7.11 Å². The lowest BCUT2D eigenvalue weighted by Gasteiger charge is -2.68. The van der Waals surface area contributed by atoms with Crippen LogP contribution in [0.25, 0.3) is 0 Å². The van der Waals surface area contributed by atoms with Gasteiger partial charge in [-0.2, -0.15) is 0 Å². The molecular weight excluding hydrogens is 440 g/mol. The van der Waals surface area contributed by atoms with Crippen molar-refractivity contribution in [2.45, 2.75) is 112 Å². The van der Waals surface area contributed by atoms with Crippen LogP contribution >= 0.6 is 0 Å². The van der Waals surface area contributed by atoms with Gasteiger partial charge in [-0.3, -0.25) is 9.59 Å². The van der Waals surface area contributed by atoms with E-state index in [1.54, 1.807) is 13.2 Å². The van der Waals surface area contributed by atoms with Gasteiger partial charge in [0.25, 0.3) is 0 Å². The summed E-state index contributed by atoms with van der Waals surface area (Å²) in [5.74, 6) is 0.902. The van der Waals surface area contributed by atoms with Gasteiger partial charge in [0.1, 0.15) is 5.76 Å². The van der Waals surface area contributed by atoms with E-state index in [0.29, 0.717) is 17.6 Å². The molecule has 34 heavy (non-hydrogen) atoms. The average Bonchev–Trinajstić information content (AvgIpc) is 2.68. The van der Waals surface area contributed by atoms with E-state index in [-0.39, 0.29) is 39.0 Å². The van der Waals surface area contributed by atoms with E-state index in [9.17, 15) is 9.59 Å². The van der Waals surface area contributed by atoms with Crippen LogP contribution < -0.4 is 0 Å². The Morgan fingerprint density at radius 1 is 0.941 bits per heavy atom. The number of Topliss-reactive ketones (excluding diaryl/α,β-unsaturated/α-hetero) is 1. The minimum absolute atomic E-state index is 0.0391. The molecule has 0 spiro atoms. The molecule has 0 saturated heterocycles. The second kappa shape index (κ2) is 7.54. The Labute approximate surface area is 208 Å². The van der Waals surface area contributed by atoms with Crippen molar-refractivity contribution in [3.63, 3.8) is 0 Å². The quantitative estimate of drug-likeness (QED) is 0.319. The minimum Gasteiger partial charge on any atom is -0.500 e. The second-order valence-corrected chi connectivity index (χ2v) is 19.6. The Balaban J connectivity index is 1.73. The van der Waals surface area contributed by atoms with Crippen molar-refractivity contribution in [3.05, 3.63) is 11.8 Å². The molecule has 192 valence electrons. The molecule has 0 aliphatic heterocycles. The number of hydrogen-bond donors (Lipinski definition) is 0.